The maximum absolute atomic E-state index is 13.3. The van der Waals surface area contributed by atoms with Gasteiger partial charge in [-0.3, -0.25) is 0 Å². The summed E-state index contributed by atoms with van der Waals surface area (Å²) in [6.07, 6.45) is 0. The normalized spacial score (nSPS) is 12.0. The van der Waals surface area contributed by atoms with Crippen molar-refractivity contribution in [3.8, 4) is 0 Å². The number of rotatable bonds is 5. The topological polar surface area (TPSA) is 49.4 Å². The van der Waals surface area contributed by atoms with E-state index in [1.807, 2.05) is 0 Å². The van der Waals surface area contributed by atoms with Gasteiger partial charge >= 0.3 is 0 Å². The summed E-state index contributed by atoms with van der Waals surface area (Å²) in [6, 6.07) is 5.36. The van der Waals surface area contributed by atoms with Gasteiger partial charge in [0.2, 0.25) is 10.0 Å². The molecule has 6 heteroatoms. The van der Waals surface area contributed by atoms with E-state index in [1.165, 1.54) is 25.2 Å². The number of hydrogen-bond acceptors (Lipinski definition) is 3. The third-order valence-corrected chi connectivity index (χ3v) is 4.09. The van der Waals surface area contributed by atoms with Gasteiger partial charge in [-0.05, 0) is 19.2 Å². The summed E-state index contributed by atoms with van der Waals surface area (Å²) in [5.74, 6) is -0.723. The van der Waals surface area contributed by atoms with Crippen molar-refractivity contribution < 1.29 is 12.8 Å². The summed E-state index contributed by atoms with van der Waals surface area (Å²) < 4.78 is 38.3. The van der Waals surface area contributed by atoms with Crippen LogP contribution in [0.4, 0.5) is 4.39 Å². The minimum atomic E-state index is -3.72. The van der Waals surface area contributed by atoms with E-state index in [2.05, 4.69) is 5.32 Å². The maximum Gasteiger partial charge on any atom is 0.245 e. The number of benzene rings is 1. The summed E-state index contributed by atoms with van der Waals surface area (Å²) in [6.45, 7) is 0.817. The second kappa shape index (κ2) is 5.38. The summed E-state index contributed by atoms with van der Waals surface area (Å²) >= 11 is 0. The lowest BCUT2D eigenvalue weighted by Gasteiger charge is -2.17. The molecule has 1 aromatic rings. The van der Waals surface area contributed by atoms with Crippen molar-refractivity contribution in [1.82, 2.24) is 9.62 Å². The molecule has 0 amide bonds. The number of nitrogens with one attached hydrogen (secondary N) is 1. The Labute approximate surface area is 95.1 Å². The van der Waals surface area contributed by atoms with Crippen molar-refractivity contribution in [3.05, 3.63) is 30.1 Å². The molecule has 0 aliphatic carbocycles. The molecule has 0 aliphatic rings. The molecule has 0 radical (unpaired) electrons. The third kappa shape index (κ3) is 2.78. The van der Waals surface area contributed by atoms with Gasteiger partial charge in [0.25, 0.3) is 0 Å². The molecule has 90 valence electrons. The van der Waals surface area contributed by atoms with Crippen LogP contribution in [0.2, 0.25) is 0 Å². The van der Waals surface area contributed by atoms with E-state index in [-0.39, 0.29) is 4.90 Å². The first-order valence-electron chi connectivity index (χ1n) is 4.85. The van der Waals surface area contributed by atoms with Crippen LogP contribution in [0.15, 0.2) is 29.2 Å². The third-order valence-electron chi connectivity index (χ3n) is 2.20. The molecule has 0 heterocycles. The average molecular weight is 246 g/mol. The smallest absolute Gasteiger partial charge is 0.245 e. The minimum Gasteiger partial charge on any atom is -0.318 e. The molecule has 4 nitrogen and oxygen atoms in total. The standard InChI is InChI=1S/C10H15FN2O2S/c1-12-7-8-13(2)16(14,15)10-6-4-3-5-9(10)11/h3-6,12H,7-8H2,1-2H3. The lowest BCUT2D eigenvalue weighted by Crippen LogP contribution is -2.33. The van der Waals surface area contributed by atoms with Crippen molar-refractivity contribution in [1.29, 1.82) is 0 Å². The second-order valence-electron chi connectivity index (χ2n) is 3.36. The lowest BCUT2D eigenvalue weighted by atomic mass is 10.4. The number of sulfonamides is 1. The van der Waals surface area contributed by atoms with Crippen LogP contribution in [0.25, 0.3) is 0 Å². The van der Waals surface area contributed by atoms with Crippen LogP contribution in [0, 0.1) is 5.82 Å². The molecule has 0 fully saturated rings. The summed E-state index contributed by atoms with van der Waals surface area (Å²) in [5.41, 5.74) is 0. The molecule has 0 unspecified atom stereocenters. The predicted molar refractivity (Wildman–Crippen MR) is 60.1 cm³/mol. The van der Waals surface area contributed by atoms with Crippen molar-refractivity contribution in [3.63, 3.8) is 0 Å². The Morgan fingerprint density at radius 3 is 2.56 bits per heavy atom. The highest BCUT2D eigenvalue weighted by Crippen LogP contribution is 2.17. The van der Waals surface area contributed by atoms with E-state index in [0.29, 0.717) is 13.1 Å². The molecule has 1 aromatic carbocycles. The summed E-state index contributed by atoms with van der Waals surface area (Å²) in [5, 5.41) is 2.84. The molecule has 1 rings (SSSR count). The highest BCUT2D eigenvalue weighted by molar-refractivity contribution is 7.89. The van der Waals surface area contributed by atoms with Gasteiger partial charge in [-0.2, -0.15) is 4.31 Å². The maximum atomic E-state index is 13.3. The van der Waals surface area contributed by atoms with Gasteiger partial charge in [0.05, 0.1) is 0 Å². The number of halogens is 1. The Kier molecular flexibility index (Phi) is 4.40. The van der Waals surface area contributed by atoms with Gasteiger partial charge < -0.3 is 5.32 Å². The van der Waals surface area contributed by atoms with Crippen LogP contribution in [0.5, 0.6) is 0 Å². The molecule has 0 aromatic heterocycles. The number of hydrogen-bond donors (Lipinski definition) is 1. The molecule has 0 atom stereocenters. The minimum absolute atomic E-state index is 0.284. The second-order valence-corrected chi connectivity index (χ2v) is 5.37. The quantitative estimate of drug-likeness (QED) is 0.830. The Morgan fingerprint density at radius 1 is 1.38 bits per heavy atom. The molecule has 1 N–H and O–H groups in total. The Hall–Kier alpha value is -0.980. The van der Waals surface area contributed by atoms with E-state index in [4.69, 9.17) is 0 Å². The highest BCUT2D eigenvalue weighted by Gasteiger charge is 2.23. The fraction of sp³-hybridized carbons (Fsp3) is 0.400. The fourth-order valence-corrected chi connectivity index (χ4v) is 2.44. The van der Waals surface area contributed by atoms with Gasteiger partial charge in [0, 0.05) is 20.1 Å². The molecule has 0 bridgehead atoms. The zero-order chi connectivity index (χ0) is 12.2. The first-order chi connectivity index (χ1) is 7.50. The summed E-state index contributed by atoms with van der Waals surface area (Å²) in [7, 11) is -0.568. The van der Waals surface area contributed by atoms with Crippen LogP contribution in [-0.4, -0.2) is 39.9 Å². The van der Waals surface area contributed by atoms with Gasteiger partial charge in [-0.15, -0.1) is 0 Å². The average Bonchev–Trinajstić information content (AvgIpc) is 2.26. The van der Waals surface area contributed by atoms with E-state index in [9.17, 15) is 12.8 Å². The van der Waals surface area contributed by atoms with Crippen molar-refractivity contribution in [2.45, 2.75) is 4.90 Å². The van der Waals surface area contributed by atoms with E-state index in [0.717, 1.165) is 10.4 Å². The summed E-state index contributed by atoms with van der Waals surface area (Å²) in [4.78, 5) is -0.284. The monoisotopic (exact) mass is 246 g/mol. The van der Waals surface area contributed by atoms with Crippen LogP contribution >= 0.6 is 0 Å². The van der Waals surface area contributed by atoms with Gasteiger partial charge in [0.1, 0.15) is 10.7 Å². The SMILES string of the molecule is CNCCN(C)S(=O)(=O)c1ccccc1F. The zero-order valence-electron chi connectivity index (χ0n) is 9.27. The predicted octanol–water partition coefficient (Wildman–Crippen LogP) is 0.666. The first kappa shape index (κ1) is 13.1. The zero-order valence-corrected chi connectivity index (χ0v) is 10.1. The van der Waals surface area contributed by atoms with Crippen LogP contribution in [-0.2, 0) is 10.0 Å². The lowest BCUT2D eigenvalue weighted by molar-refractivity contribution is 0.459. The number of likely N-dealkylation sites (N-methyl/N-ethyl adjacent to an activating group) is 2. The Morgan fingerprint density at radius 2 is 2.00 bits per heavy atom. The van der Waals surface area contributed by atoms with Crippen molar-refractivity contribution in [2.24, 2.45) is 0 Å². The van der Waals surface area contributed by atoms with E-state index in [1.54, 1.807) is 7.05 Å². The molecule has 16 heavy (non-hydrogen) atoms. The van der Waals surface area contributed by atoms with Crippen molar-refractivity contribution in [2.75, 3.05) is 27.2 Å². The fourth-order valence-electron chi connectivity index (χ4n) is 1.21. The molecule has 0 aliphatic heterocycles. The van der Waals surface area contributed by atoms with Crippen LogP contribution in [0.3, 0.4) is 0 Å². The Balaban J connectivity index is 2.98. The Bertz CT molecular complexity index is 448. The number of nitrogens with zero attached hydrogens (tertiary/aromatic N) is 1. The first-order valence-corrected chi connectivity index (χ1v) is 6.29. The van der Waals surface area contributed by atoms with Crippen LogP contribution < -0.4 is 5.32 Å². The molecule has 0 spiro atoms. The van der Waals surface area contributed by atoms with Gasteiger partial charge in [-0.1, -0.05) is 12.1 Å². The molecular weight excluding hydrogens is 231 g/mol. The van der Waals surface area contributed by atoms with Gasteiger partial charge in [-0.25, -0.2) is 12.8 Å². The van der Waals surface area contributed by atoms with E-state index >= 15 is 0 Å². The van der Waals surface area contributed by atoms with E-state index < -0.39 is 15.8 Å². The molecule has 0 saturated heterocycles. The van der Waals surface area contributed by atoms with Crippen molar-refractivity contribution >= 4 is 10.0 Å². The highest BCUT2D eigenvalue weighted by atomic mass is 32.2. The molecular formula is C10H15FN2O2S. The molecule has 0 saturated carbocycles. The van der Waals surface area contributed by atoms with Gasteiger partial charge in [0.15, 0.2) is 0 Å². The van der Waals surface area contributed by atoms with Crippen LogP contribution in [0.1, 0.15) is 0 Å². The largest absolute Gasteiger partial charge is 0.318 e.